The number of hydrogen-bond acceptors (Lipinski definition) is 4. The zero-order valence-electron chi connectivity index (χ0n) is 14.4. The second-order valence-electron chi connectivity index (χ2n) is 6.11. The van der Waals surface area contributed by atoms with Crippen molar-refractivity contribution in [3.05, 3.63) is 71.5 Å². The van der Waals surface area contributed by atoms with Crippen molar-refractivity contribution in [3.8, 4) is 22.8 Å². The molecule has 2 aromatic carbocycles. The Hall–Kier alpha value is -3.42. The molecule has 1 N–H and O–H groups in total. The van der Waals surface area contributed by atoms with Crippen LogP contribution in [-0.4, -0.2) is 12.7 Å². The Morgan fingerprint density at radius 1 is 1.00 bits per heavy atom. The highest BCUT2D eigenvalue weighted by atomic mass is 19.4. The molecule has 5 nitrogen and oxygen atoms in total. The van der Waals surface area contributed by atoms with Crippen LogP contribution in [-0.2, 0) is 12.7 Å². The molecule has 0 bridgehead atoms. The van der Waals surface area contributed by atoms with Gasteiger partial charge in [0.1, 0.15) is 5.76 Å². The second-order valence-corrected chi connectivity index (χ2v) is 6.11. The van der Waals surface area contributed by atoms with E-state index in [1.165, 1.54) is 24.3 Å². The van der Waals surface area contributed by atoms with Gasteiger partial charge in [-0.1, -0.05) is 18.2 Å². The summed E-state index contributed by atoms with van der Waals surface area (Å²) in [5, 5.41) is 2.70. The summed E-state index contributed by atoms with van der Waals surface area (Å²) in [7, 11) is 0. The first-order chi connectivity index (χ1) is 13.4. The standard InChI is InChI=1S/C20H14F3NO4/c21-20(22,23)14-3-1-2-13(9-14)15-6-7-17(28-15)19(25)24-10-12-4-5-16-18(8-12)27-11-26-16/h1-9H,10-11H2,(H,24,25). The van der Waals surface area contributed by atoms with Crippen molar-refractivity contribution in [3.63, 3.8) is 0 Å². The molecule has 0 unspecified atom stereocenters. The summed E-state index contributed by atoms with van der Waals surface area (Å²) in [6.45, 7) is 0.394. The molecule has 28 heavy (non-hydrogen) atoms. The Bertz CT molecular complexity index is 1030. The quantitative estimate of drug-likeness (QED) is 0.707. The molecule has 1 aliphatic heterocycles. The van der Waals surface area contributed by atoms with E-state index in [2.05, 4.69) is 5.32 Å². The molecule has 0 saturated carbocycles. The van der Waals surface area contributed by atoms with E-state index in [0.29, 0.717) is 11.5 Å². The smallest absolute Gasteiger partial charge is 0.416 e. The molecule has 3 aromatic rings. The number of furan rings is 1. The number of benzene rings is 2. The first-order valence-electron chi connectivity index (χ1n) is 8.34. The lowest BCUT2D eigenvalue weighted by atomic mass is 10.1. The van der Waals surface area contributed by atoms with Crippen LogP contribution in [0.15, 0.2) is 59.0 Å². The SMILES string of the molecule is O=C(NCc1ccc2c(c1)OCO2)c1ccc(-c2cccc(C(F)(F)F)c2)o1. The van der Waals surface area contributed by atoms with E-state index in [0.717, 1.165) is 17.7 Å². The van der Waals surface area contributed by atoms with Gasteiger partial charge in [0.05, 0.1) is 5.56 Å². The van der Waals surface area contributed by atoms with E-state index >= 15 is 0 Å². The third-order valence-electron chi connectivity index (χ3n) is 4.19. The Balaban J connectivity index is 1.45. The molecule has 1 amide bonds. The molecule has 0 fully saturated rings. The van der Waals surface area contributed by atoms with Crippen LogP contribution < -0.4 is 14.8 Å². The van der Waals surface area contributed by atoms with Crippen molar-refractivity contribution in [1.29, 1.82) is 0 Å². The van der Waals surface area contributed by atoms with Gasteiger partial charge in [0, 0.05) is 12.1 Å². The van der Waals surface area contributed by atoms with E-state index in [1.807, 2.05) is 0 Å². The first-order valence-corrected chi connectivity index (χ1v) is 8.34. The highest BCUT2D eigenvalue weighted by Gasteiger charge is 2.30. The largest absolute Gasteiger partial charge is 0.454 e. The third-order valence-corrected chi connectivity index (χ3v) is 4.19. The van der Waals surface area contributed by atoms with Crippen LogP contribution in [0, 0.1) is 0 Å². The van der Waals surface area contributed by atoms with E-state index in [1.54, 1.807) is 18.2 Å². The van der Waals surface area contributed by atoms with Gasteiger partial charge in [-0.05, 0) is 42.0 Å². The van der Waals surface area contributed by atoms with Crippen LogP contribution in [0.3, 0.4) is 0 Å². The van der Waals surface area contributed by atoms with Gasteiger partial charge in [0.15, 0.2) is 17.3 Å². The minimum Gasteiger partial charge on any atom is -0.454 e. The number of fused-ring (bicyclic) bond motifs is 1. The Labute approximate surface area is 157 Å². The summed E-state index contributed by atoms with van der Waals surface area (Å²) in [6, 6.07) is 12.9. The third kappa shape index (κ3) is 3.66. The van der Waals surface area contributed by atoms with Crippen LogP contribution in [0.1, 0.15) is 21.7 Å². The molecule has 0 spiro atoms. The van der Waals surface area contributed by atoms with Gasteiger partial charge in [0.2, 0.25) is 6.79 Å². The number of carbonyl (C=O) groups excluding carboxylic acids is 1. The van der Waals surface area contributed by atoms with Crippen molar-refractivity contribution < 1.29 is 31.9 Å². The predicted octanol–water partition coefficient (Wildman–Crippen LogP) is 4.62. The van der Waals surface area contributed by atoms with Crippen molar-refractivity contribution in [2.45, 2.75) is 12.7 Å². The van der Waals surface area contributed by atoms with Crippen molar-refractivity contribution in [2.75, 3.05) is 6.79 Å². The van der Waals surface area contributed by atoms with Crippen molar-refractivity contribution in [1.82, 2.24) is 5.32 Å². The monoisotopic (exact) mass is 389 g/mol. The van der Waals surface area contributed by atoms with Crippen molar-refractivity contribution in [2.24, 2.45) is 0 Å². The van der Waals surface area contributed by atoms with E-state index < -0.39 is 17.6 Å². The van der Waals surface area contributed by atoms with Gasteiger partial charge in [-0.3, -0.25) is 4.79 Å². The van der Waals surface area contributed by atoms with E-state index in [9.17, 15) is 18.0 Å². The first kappa shape index (κ1) is 18.0. The lowest BCUT2D eigenvalue weighted by Gasteiger charge is -2.07. The fourth-order valence-electron chi connectivity index (χ4n) is 2.78. The molecule has 144 valence electrons. The summed E-state index contributed by atoms with van der Waals surface area (Å²) < 4.78 is 54.5. The Morgan fingerprint density at radius 3 is 2.64 bits per heavy atom. The predicted molar refractivity (Wildman–Crippen MR) is 92.9 cm³/mol. The highest BCUT2D eigenvalue weighted by molar-refractivity contribution is 5.92. The molecular weight excluding hydrogens is 375 g/mol. The van der Waals surface area contributed by atoms with Crippen LogP contribution in [0.2, 0.25) is 0 Å². The summed E-state index contributed by atoms with van der Waals surface area (Å²) in [4.78, 5) is 12.3. The van der Waals surface area contributed by atoms with Crippen LogP contribution in [0.5, 0.6) is 11.5 Å². The normalized spacial score (nSPS) is 12.8. The molecule has 1 aliphatic rings. The lowest BCUT2D eigenvalue weighted by molar-refractivity contribution is -0.137. The number of carbonyl (C=O) groups is 1. The maximum atomic E-state index is 12.9. The topological polar surface area (TPSA) is 60.7 Å². The van der Waals surface area contributed by atoms with Crippen LogP contribution >= 0.6 is 0 Å². The fraction of sp³-hybridized carbons (Fsp3) is 0.150. The summed E-state index contributed by atoms with van der Waals surface area (Å²) in [6.07, 6.45) is -4.45. The summed E-state index contributed by atoms with van der Waals surface area (Å²) >= 11 is 0. The number of ether oxygens (including phenoxy) is 2. The zero-order chi connectivity index (χ0) is 19.7. The average molecular weight is 389 g/mol. The zero-order valence-corrected chi connectivity index (χ0v) is 14.4. The number of amides is 1. The number of nitrogens with one attached hydrogen (secondary N) is 1. The number of hydrogen-bond donors (Lipinski definition) is 1. The van der Waals surface area contributed by atoms with Gasteiger partial charge in [-0.25, -0.2) is 0 Å². The molecule has 8 heteroatoms. The second kappa shape index (κ2) is 6.95. The molecule has 1 aromatic heterocycles. The van der Waals surface area contributed by atoms with Gasteiger partial charge in [-0.15, -0.1) is 0 Å². The number of halogens is 3. The highest BCUT2D eigenvalue weighted by Crippen LogP contribution is 2.33. The molecule has 4 rings (SSSR count). The van der Waals surface area contributed by atoms with E-state index in [4.69, 9.17) is 13.9 Å². The van der Waals surface area contributed by atoms with Gasteiger partial charge in [-0.2, -0.15) is 13.2 Å². The Kier molecular flexibility index (Phi) is 4.46. The fourth-order valence-corrected chi connectivity index (χ4v) is 2.78. The maximum absolute atomic E-state index is 12.9. The van der Waals surface area contributed by atoms with Crippen molar-refractivity contribution >= 4 is 5.91 Å². The molecule has 0 aliphatic carbocycles. The maximum Gasteiger partial charge on any atom is 0.416 e. The minimum atomic E-state index is -4.45. The van der Waals surface area contributed by atoms with Crippen LogP contribution in [0.4, 0.5) is 13.2 Å². The van der Waals surface area contributed by atoms with Crippen LogP contribution in [0.25, 0.3) is 11.3 Å². The molecule has 0 atom stereocenters. The summed E-state index contributed by atoms with van der Waals surface area (Å²) in [5.74, 6) is 0.965. The number of alkyl halides is 3. The van der Waals surface area contributed by atoms with E-state index in [-0.39, 0.29) is 30.4 Å². The van der Waals surface area contributed by atoms with Gasteiger partial charge < -0.3 is 19.2 Å². The van der Waals surface area contributed by atoms with Gasteiger partial charge in [0.25, 0.3) is 5.91 Å². The van der Waals surface area contributed by atoms with Gasteiger partial charge >= 0.3 is 6.18 Å². The number of rotatable bonds is 4. The molecule has 0 radical (unpaired) electrons. The lowest BCUT2D eigenvalue weighted by Crippen LogP contribution is -2.22. The molecule has 2 heterocycles. The summed E-state index contributed by atoms with van der Waals surface area (Å²) in [5.41, 5.74) is 0.266. The minimum absolute atomic E-state index is 0.00755. The molecule has 0 saturated heterocycles. The average Bonchev–Trinajstić information content (AvgIpc) is 3.34. The Morgan fingerprint density at radius 2 is 1.82 bits per heavy atom. The molecular formula is C20H14F3NO4.